The minimum atomic E-state index is -0.246. The van der Waals surface area contributed by atoms with E-state index in [1.807, 2.05) is 6.92 Å². The lowest BCUT2D eigenvalue weighted by atomic mass is 10.0. The molecule has 1 unspecified atom stereocenters. The number of anilines is 1. The fraction of sp³-hybridized carbons (Fsp3) is 0.727. The molecule has 2 rings (SSSR count). The zero-order chi connectivity index (χ0) is 11.5. The van der Waals surface area contributed by atoms with Crippen LogP contribution in [0.5, 0.6) is 0 Å². The predicted octanol–water partition coefficient (Wildman–Crippen LogP) is 1.75. The van der Waals surface area contributed by atoms with Crippen molar-refractivity contribution in [1.29, 1.82) is 0 Å². The van der Waals surface area contributed by atoms with Crippen LogP contribution in [0.1, 0.15) is 44.9 Å². The normalized spacial score (nSPS) is 17.8. The minimum absolute atomic E-state index is 0.0825. The topological polar surface area (TPSA) is 59.2 Å². The molecule has 0 saturated carbocycles. The van der Waals surface area contributed by atoms with Gasteiger partial charge in [-0.3, -0.25) is 4.79 Å². The molecule has 88 valence electrons. The molecule has 1 atom stereocenters. The van der Waals surface area contributed by atoms with Gasteiger partial charge in [0.15, 0.2) is 0 Å². The third-order valence-electron chi connectivity index (χ3n) is 3.02. The van der Waals surface area contributed by atoms with Gasteiger partial charge in [-0.2, -0.15) is 4.98 Å². The molecule has 0 bridgehead atoms. The van der Waals surface area contributed by atoms with Gasteiger partial charge in [0.2, 0.25) is 5.89 Å². The summed E-state index contributed by atoms with van der Waals surface area (Å²) in [6.07, 6.45) is 3.05. The number of hydrogen-bond acceptors (Lipinski definition) is 5. The summed E-state index contributed by atoms with van der Waals surface area (Å²) in [4.78, 5) is 17.8. The first kappa shape index (κ1) is 11.1. The monoisotopic (exact) mass is 223 g/mol. The summed E-state index contributed by atoms with van der Waals surface area (Å²) in [7, 11) is 0. The van der Waals surface area contributed by atoms with E-state index in [0.29, 0.717) is 18.3 Å². The summed E-state index contributed by atoms with van der Waals surface area (Å²) in [6.45, 7) is 5.48. The molecule has 1 aromatic heterocycles. The van der Waals surface area contributed by atoms with E-state index >= 15 is 0 Å². The van der Waals surface area contributed by atoms with Gasteiger partial charge in [-0.25, -0.2) is 0 Å². The molecule has 0 spiro atoms. The quantitative estimate of drug-likeness (QED) is 0.778. The second kappa shape index (κ2) is 4.63. The van der Waals surface area contributed by atoms with Gasteiger partial charge in [-0.1, -0.05) is 6.92 Å². The number of rotatable bonds is 4. The van der Waals surface area contributed by atoms with Crippen molar-refractivity contribution in [3.63, 3.8) is 0 Å². The van der Waals surface area contributed by atoms with Crippen molar-refractivity contribution in [3.05, 3.63) is 5.89 Å². The van der Waals surface area contributed by atoms with Crippen LogP contribution in [0.25, 0.3) is 0 Å². The van der Waals surface area contributed by atoms with Gasteiger partial charge in [0, 0.05) is 13.1 Å². The smallest absolute Gasteiger partial charge is 0.266 e. The van der Waals surface area contributed by atoms with Gasteiger partial charge in [-0.05, 0) is 31.3 Å². The van der Waals surface area contributed by atoms with Gasteiger partial charge in [0.05, 0.1) is 5.92 Å². The average Bonchev–Trinajstić information content (AvgIpc) is 2.86. The first-order chi connectivity index (χ1) is 7.72. The largest absolute Gasteiger partial charge is 0.338 e. The Hall–Kier alpha value is -1.39. The van der Waals surface area contributed by atoms with Gasteiger partial charge in [0.25, 0.3) is 5.95 Å². The van der Waals surface area contributed by atoms with E-state index in [4.69, 9.17) is 4.52 Å². The summed E-state index contributed by atoms with van der Waals surface area (Å²) in [5, 5.41) is 3.94. The van der Waals surface area contributed by atoms with Crippen LogP contribution in [0, 0.1) is 0 Å². The Kier molecular flexibility index (Phi) is 3.22. The SMILES string of the molecule is CCC(C(C)=O)c1nc(N2CCCC2)no1. The molecule has 1 aromatic rings. The van der Waals surface area contributed by atoms with E-state index in [1.165, 1.54) is 12.8 Å². The molecule has 16 heavy (non-hydrogen) atoms. The highest BCUT2D eigenvalue weighted by Gasteiger charge is 2.24. The highest BCUT2D eigenvalue weighted by Crippen LogP contribution is 2.22. The van der Waals surface area contributed by atoms with Crippen LogP contribution in [0.3, 0.4) is 0 Å². The van der Waals surface area contributed by atoms with E-state index in [9.17, 15) is 4.79 Å². The molecule has 0 amide bonds. The molecule has 5 heteroatoms. The van der Waals surface area contributed by atoms with Crippen molar-refractivity contribution in [2.24, 2.45) is 0 Å². The van der Waals surface area contributed by atoms with Crippen molar-refractivity contribution in [1.82, 2.24) is 10.1 Å². The van der Waals surface area contributed by atoms with Crippen molar-refractivity contribution in [2.45, 2.75) is 39.0 Å². The Morgan fingerprint density at radius 1 is 1.50 bits per heavy atom. The zero-order valence-corrected chi connectivity index (χ0v) is 9.77. The number of nitrogens with zero attached hydrogens (tertiary/aromatic N) is 3. The molecular weight excluding hydrogens is 206 g/mol. The molecule has 1 saturated heterocycles. The molecule has 1 fully saturated rings. The number of hydrogen-bond donors (Lipinski definition) is 0. The van der Waals surface area contributed by atoms with Crippen LogP contribution >= 0.6 is 0 Å². The Labute approximate surface area is 94.8 Å². The Morgan fingerprint density at radius 3 is 2.75 bits per heavy atom. The number of Topliss-reactive ketones (excluding diaryl/α,β-unsaturated/α-hetero) is 1. The molecule has 2 heterocycles. The maximum absolute atomic E-state index is 11.4. The molecule has 0 N–H and O–H groups in total. The van der Waals surface area contributed by atoms with E-state index in [-0.39, 0.29) is 11.7 Å². The first-order valence-corrected chi connectivity index (χ1v) is 5.81. The second-order valence-electron chi connectivity index (χ2n) is 4.20. The lowest BCUT2D eigenvalue weighted by molar-refractivity contribution is -0.119. The Morgan fingerprint density at radius 2 is 2.19 bits per heavy atom. The molecule has 1 aliphatic heterocycles. The lowest BCUT2D eigenvalue weighted by Gasteiger charge is -2.10. The van der Waals surface area contributed by atoms with Gasteiger partial charge < -0.3 is 9.42 Å². The van der Waals surface area contributed by atoms with E-state index in [1.54, 1.807) is 6.92 Å². The summed E-state index contributed by atoms with van der Waals surface area (Å²) < 4.78 is 5.17. The number of aromatic nitrogens is 2. The van der Waals surface area contributed by atoms with Gasteiger partial charge in [0.1, 0.15) is 5.78 Å². The van der Waals surface area contributed by atoms with E-state index < -0.39 is 0 Å². The van der Waals surface area contributed by atoms with Crippen LogP contribution in [0.2, 0.25) is 0 Å². The highest BCUT2D eigenvalue weighted by atomic mass is 16.5. The van der Waals surface area contributed by atoms with Crippen LogP contribution < -0.4 is 4.90 Å². The molecule has 0 aromatic carbocycles. The van der Waals surface area contributed by atoms with Crippen molar-refractivity contribution >= 4 is 11.7 Å². The summed E-state index contributed by atoms with van der Waals surface area (Å²) in [5.41, 5.74) is 0. The number of carbonyl (C=O) groups is 1. The van der Waals surface area contributed by atoms with Gasteiger partial charge in [-0.15, -0.1) is 0 Å². The third-order valence-corrected chi connectivity index (χ3v) is 3.02. The zero-order valence-electron chi connectivity index (χ0n) is 9.77. The molecule has 1 aliphatic rings. The Bertz CT molecular complexity index is 369. The summed E-state index contributed by atoms with van der Waals surface area (Å²) in [6, 6.07) is 0. The van der Waals surface area contributed by atoms with Gasteiger partial charge >= 0.3 is 0 Å². The van der Waals surface area contributed by atoms with Crippen LogP contribution in [-0.2, 0) is 4.79 Å². The van der Waals surface area contributed by atoms with Crippen molar-refractivity contribution in [3.8, 4) is 0 Å². The maximum atomic E-state index is 11.4. The molecule has 0 radical (unpaired) electrons. The first-order valence-electron chi connectivity index (χ1n) is 5.81. The van der Waals surface area contributed by atoms with Crippen LogP contribution in [0.15, 0.2) is 4.52 Å². The standard InChI is InChI=1S/C11H17N3O2/c1-3-9(8(2)15)10-12-11(13-16-10)14-6-4-5-7-14/h9H,3-7H2,1-2H3. The summed E-state index contributed by atoms with van der Waals surface area (Å²) in [5.74, 6) is 0.923. The minimum Gasteiger partial charge on any atom is -0.338 e. The van der Waals surface area contributed by atoms with Crippen LogP contribution in [0.4, 0.5) is 5.95 Å². The fourth-order valence-electron chi connectivity index (χ4n) is 2.05. The number of carbonyl (C=O) groups excluding carboxylic acids is 1. The number of ketones is 1. The average molecular weight is 223 g/mol. The van der Waals surface area contributed by atoms with Crippen molar-refractivity contribution in [2.75, 3.05) is 18.0 Å². The fourth-order valence-corrected chi connectivity index (χ4v) is 2.05. The van der Waals surface area contributed by atoms with Crippen LogP contribution in [-0.4, -0.2) is 29.0 Å². The Balaban J connectivity index is 2.14. The van der Waals surface area contributed by atoms with Crippen molar-refractivity contribution < 1.29 is 9.32 Å². The third kappa shape index (κ3) is 2.08. The lowest BCUT2D eigenvalue weighted by Crippen LogP contribution is -2.19. The highest BCUT2D eigenvalue weighted by molar-refractivity contribution is 5.82. The van der Waals surface area contributed by atoms with E-state index in [0.717, 1.165) is 13.1 Å². The molecular formula is C11H17N3O2. The summed E-state index contributed by atoms with van der Waals surface area (Å²) >= 11 is 0. The predicted molar refractivity (Wildman–Crippen MR) is 59.5 cm³/mol. The second-order valence-corrected chi connectivity index (χ2v) is 4.20. The molecule has 5 nitrogen and oxygen atoms in total. The molecule has 0 aliphatic carbocycles. The maximum Gasteiger partial charge on any atom is 0.266 e. The van der Waals surface area contributed by atoms with E-state index in [2.05, 4.69) is 15.0 Å².